The summed E-state index contributed by atoms with van der Waals surface area (Å²) in [6.45, 7) is 8.68. The Kier molecular flexibility index (Phi) is 5.57. The maximum Gasteiger partial charge on any atom is 0.265 e. The van der Waals surface area contributed by atoms with Crippen molar-refractivity contribution in [2.75, 3.05) is 39.0 Å². The number of nitrogens with zero attached hydrogens (tertiary/aromatic N) is 3. The maximum absolute atomic E-state index is 12.5. The summed E-state index contributed by atoms with van der Waals surface area (Å²) in [5, 5.41) is 0. The van der Waals surface area contributed by atoms with Crippen molar-refractivity contribution in [3.8, 4) is 0 Å². The Hall–Kier alpha value is -0.990. The van der Waals surface area contributed by atoms with Crippen LogP contribution in [0.5, 0.6) is 0 Å². The average Bonchev–Trinajstić information content (AvgIpc) is 2.80. The number of carbonyl (C=O) groups excluding carboxylic acids is 1. The fraction of sp³-hybridized carbons (Fsp3) is 0.714. The summed E-state index contributed by atoms with van der Waals surface area (Å²) in [6, 6.07) is 0. The quantitative estimate of drug-likeness (QED) is 0.824. The fourth-order valence-corrected chi connectivity index (χ4v) is 4.29. The normalized spacial score (nSPS) is 17.7. The van der Waals surface area contributed by atoms with Crippen molar-refractivity contribution < 1.29 is 13.2 Å². The summed E-state index contributed by atoms with van der Waals surface area (Å²) in [5.41, 5.74) is 0. The minimum Gasteiger partial charge on any atom is -0.337 e. The van der Waals surface area contributed by atoms with Gasteiger partial charge in [0, 0.05) is 32.4 Å². The van der Waals surface area contributed by atoms with Crippen LogP contribution < -0.4 is 0 Å². The Labute approximate surface area is 136 Å². The first-order valence-corrected chi connectivity index (χ1v) is 10.2. The van der Waals surface area contributed by atoms with Crippen molar-refractivity contribution in [1.29, 1.82) is 0 Å². The largest absolute Gasteiger partial charge is 0.337 e. The molecule has 1 aliphatic heterocycles. The van der Waals surface area contributed by atoms with Gasteiger partial charge in [-0.2, -0.15) is 0 Å². The lowest BCUT2D eigenvalue weighted by Crippen LogP contribution is -2.35. The van der Waals surface area contributed by atoms with Crippen LogP contribution in [0.15, 0.2) is 10.5 Å². The lowest BCUT2D eigenvalue weighted by molar-refractivity contribution is 0.0765. The van der Waals surface area contributed by atoms with E-state index in [-0.39, 0.29) is 10.2 Å². The molecule has 1 aliphatic rings. The van der Waals surface area contributed by atoms with E-state index in [9.17, 15) is 13.2 Å². The summed E-state index contributed by atoms with van der Waals surface area (Å²) >= 11 is 0.956. The molecule has 6 nitrogen and oxygen atoms in total. The highest BCUT2D eigenvalue weighted by Gasteiger charge is 2.23. The van der Waals surface area contributed by atoms with Gasteiger partial charge in [-0.05, 0) is 18.9 Å². The summed E-state index contributed by atoms with van der Waals surface area (Å²) < 4.78 is 22.9. The third kappa shape index (κ3) is 4.50. The number of hydrogen-bond acceptors (Lipinski definition) is 6. The minimum absolute atomic E-state index is 0.00658. The van der Waals surface area contributed by atoms with Crippen molar-refractivity contribution >= 4 is 27.1 Å². The van der Waals surface area contributed by atoms with Gasteiger partial charge in [-0.3, -0.25) is 4.79 Å². The first-order chi connectivity index (χ1) is 10.3. The molecule has 0 bridgehead atoms. The van der Waals surface area contributed by atoms with E-state index in [2.05, 4.69) is 23.7 Å². The van der Waals surface area contributed by atoms with Gasteiger partial charge in [-0.15, -0.1) is 0 Å². The summed E-state index contributed by atoms with van der Waals surface area (Å²) in [5.74, 6) is 0.500. The standard InChI is InChI=1S/C14H23N3O3S2/c1-11(2)10-16-5-4-6-17(8-7-16)13(18)12-9-15-14(21-12)22(3,19)20/h9,11H,4-8,10H2,1-3H3. The highest BCUT2D eigenvalue weighted by atomic mass is 32.2. The molecule has 22 heavy (non-hydrogen) atoms. The molecule has 0 unspecified atom stereocenters. The molecular formula is C14H23N3O3S2. The van der Waals surface area contributed by atoms with E-state index >= 15 is 0 Å². The van der Waals surface area contributed by atoms with Gasteiger partial charge in [0.15, 0.2) is 0 Å². The predicted octanol–water partition coefficient (Wildman–Crippen LogP) is 1.35. The van der Waals surface area contributed by atoms with E-state index in [1.807, 2.05) is 0 Å². The number of sulfone groups is 1. The lowest BCUT2D eigenvalue weighted by Gasteiger charge is -2.22. The molecule has 0 atom stereocenters. The van der Waals surface area contributed by atoms with Crippen molar-refractivity contribution in [2.24, 2.45) is 5.92 Å². The zero-order chi connectivity index (χ0) is 16.3. The van der Waals surface area contributed by atoms with Crippen LogP contribution >= 0.6 is 11.3 Å². The van der Waals surface area contributed by atoms with E-state index < -0.39 is 9.84 Å². The Balaban J connectivity index is 2.02. The number of carbonyl (C=O) groups is 1. The number of aromatic nitrogens is 1. The van der Waals surface area contributed by atoms with Crippen molar-refractivity contribution in [3.63, 3.8) is 0 Å². The van der Waals surface area contributed by atoms with Crippen LogP contribution in [0.1, 0.15) is 29.9 Å². The molecule has 1 aromatic rings. The molecule has 124 valence electrons. The summed E-state index contributed by atoms with van der Waals surface area (Å²) in [7, 11) is -3.35. The van der Waals surface area contributed by atoms with Crippen molar-refractivity contribution in [2.45, 2.75) is 24.6 Å². The highest BCUT2D eigenvalue weighted by Crippen LogP contribution is 2.20. The smallest absolute Gasteiger partial charge is 0.265 e. The fourth-order valence-electron chi connectivity index (χ4n) is 2.56. The molecule has 2 heterocycles. The molecule has 1 saturated heterocycles. The zero-order valence-electron chi connectivity index (χ0n) is 13.3. The second-order valence-electron chi connectivity index (χ2n) is 6.10. The molecule has 0 N–H and O–H groups in total. The Bertz CT molecular complexity index is 625. The number of amides is 1. The molecular weight excluding hydrogens is 322 g/mol. The highest BCUT2D eigenvalue weighted by molar-refractivity contribution is 7.92. The Morgan fingerprint density at radius 3 is 2.64 bits per heavy atom. The third-order valence-corrected chi connectivity index (χ3v) is 6.19. The van der Waals surface area contributed by atoms with Gasteiger partial charge >= 0.3 is 0 Å². The second kappa shape index (κ2) is 7.06. The van der Waals surface area contributed by atoms with E-state index in [0.29, 0.717) is 23.9 Å². The van der Waals surface area contributed by atoms with Crippen LogP contribution in [-0.2, 0) is 9.84 Å². The Morgan fingerprint density at radius 2 is 2.05 bits per heavy atom. The lowest BCUT2D eigenvalue weighted by atomic mass is 10.2. The zero-order valence-corrected chi connectivity index (χ0v) is 14.9. The molecule has 0 aliphatic carbocycles. The van der Waals surface area contributed by atoms with Crippen LogP contribution in [0.3, 0.4) is 0 Å². The molecule has 1 fully saturated rings. The average molecular weight is 345 g/mol. The summed E-state index contributed by atoms with van der Waals surface area (Å²) in [6.07, 6.45) is 3.42. The first-order valence-electron chi connectivity index (χ1n) is 7.45. The molecule has 0 saturated carbocycles. The minimum atomic E-state index is -3.35. The molecule has 8 heteroatoms. The number of thiazole rings is 1. The van der Waals surface area contributed by atoms with Crippen LogP contribution in [0, 0.1) is 5.92 Å². The maximum atomic E-state index is 12.5. The van der Waals surface area contributed by atoms with Crippen LogP contribution in [0.4, 0.5) is 0 Å². The van der Waals surface area contributed by atoms with Gasteiger partial charge < -0.3 is 9.80 Å². The second-order valence-corrected chi connectivity index (χ2v) is 9.32. The number of hydrogen-bond donors (Lipinski definition) is 0. The predicted molar refractivity (Wildman–Crippen MR) is 87.0 cm³/mol. The monoisotopic (exact) mass is 345 g/mol. The van der Waals surface area contributed by atoms with Crippen LogP contribution in [0.25, 0.3) is 0 Å². The van der Waals surface area contributed by atoms with E-state index in [0.717, 1.165) is 43.6 Å². The molecule has 0 aromatic carbocycles. The molecule has 2 rings (SSSR count). The van der Waals surface area contributed by atoms with Gasteiger partial charge in [0.05, 0.1) is 6.20 Å². The van der Waals surface area contributed by atoms with Crippen LogP contribution in [-0.4, -0.2) is 68.1 Å². The van der Waals surface area contributed by atoms with Crippen molar-refractivity contribution in [3.05, 3.63) is 11.1 Å². The number of rotatable bonds is 4. The van der Waals surface area contributed by atoms with Gasteiger partial charge in [0.2, 0.25) is 14.2 Å². The summed E-state index contributed by atoms with van der Waals surface area (Å²) in [4.78, 5) is 20.9. The van der Waals surface area contributed by atoms with E-state index in [4.69, 9.17) is 0 Å². The van der Waals surface area contributed by atoms with Gasteiger partial charge in [-0.25, -0.2) is 13.4 Å². The topological polar surface area (TPSA) is 70.6 Å². The SMILES string of the molecule is CC(C)CN1CCCN(C(=O)c2cnc(S(C)(=O)=O)s2)CC1. The molecule has 1 amide bonds. The van der Waals surface area contributed by atoms with Crippen LogP contribution in [0.2, 0.25) is 0 Å². The Morgan fingerprint density at radius 1 is 1.32 bits per heavy atom. The van der Waals surface area contributed by atoms with Gasteiger partial charge in [-0.1, -0.05) is 25.2 Å². The molecule has 0 radical (unpaired) electrons. The van der Waals surface area contributed by atoms with E-state index in [1.165, 1.54) is 6.20 Å². The van der Waals surface area contributed by atoms with Crippen molar-refractivity contribution in [1.82, 2.24) is 14.8 Å². The first kappa shape index (κ1) is 17.4. The van der Waals surface area contributed by atoms with E-state index in [1.54, 1.807) is 4.90 Å². The third-order valence-electron chi connectivity index (χ3n) is 3.51. The molecule has 0 spiro atoms. The van der Waals surface area contributed by atoms with Gasteiger partial charge in [0.25, 0.3) is 5.91 Å². The molecule has 1 aromatic heterocycles. The van der Waals surface area contributed by atoms with Gasteiger partial charge in [0.1, 0.15) is 4.88 Å².